The molecule has 11 heteroatoms. The maximum atomic E-state index is 12.5. The number of para-hydroxylation sites is 1. The second kappa shape index (κ2) is 8.18. The summed E-state index contributed by atoms with van der Waals surface area (Å²) in [5.74, 6) is 1.99. The second-order valence-corrected chi connectivity index (χ2v) is 6.98. The highest BCUT2D eigenvalue weighted by molar-refractivity contribution is 6.37. The van der Waals surface area contributed by atoms with Crippen LogP contribution in [0.2, 0.25) is 10.0 Å². The first-order valence-electron chi connectivity index (χ1n) is 8.22. The number of nitrogens with two attached hydrogens (primary N) is 1. The van der Waals surface area contributed by atoms with Crippen LogP contribution in [0.3, 0.4) is 0 Å². The molecule has 0 fully saturated rings. The molecular formula is C18H15Cl2N5O4. The van der Waals surface area contributed by atoms with Gasteiger partial charge in [-0.2, -0.15) is 5.10 Å². The highest BCUT2D eigenvalue weighted by Crippen LogP contribution is 2.39. The number of hydrazine groups is 1. The lowest BCUT2D eigenvalue weighted by Crippen LogP contribution is -2.42. The summed E-state index contributed by atoms with van der Waals surface area (Å²) >= 11 is 12.2. The van der Waals surface area contributed by atoms with Crippen molar-refractivity contribution in [1.82, 2.24) is 10.9 Å². The summed E-state index contributed by atoms with van der Waals surface area (Å²) in [4.78, 5) is 35.6. The number of rotatable bonds is 4. The average molecular weight is 436 g/mol. The largest absolute Gasteiger partial charge is 0.375 e. The van der Waals surface area contributed by atoms with Crippen molar-refractivity contribution in [3.8, 4) is 0 Å². The summed E-state index contributed by atoms with van der Waals surface area (Å²) in [5.41, 5.74) is 2.86. The Morgan fingerprint density at radius 3 is 2.59 bits per heavy atom. The van der Waals surface area contributed by atoms with Gasteiger partial charge in [0.05, 0.1) is 10.7 Å². The first kappa shape index (κ1) is 20.7. The van der Waals surface area contributed by atoms with Gasteiger partial charge in [-0.1, -0.05) is 47.5 Å². The summed E-state index contributed by atoms with van der Waals surface area (Å²) in [5, 5.41) is 18.2. The Hall–Kier alpha value is -2.98. The van der Waals surface area contributed by atoms with Crippen LogP contribution in [0.4, 0.5) is 5.69 Å². The van der Waals surface area contributed by atoms with Crippen molar-refractivity contribution in [3.63, 3.8) is 0 Å². The van der Waals surface area contributed by atoms with Gasteiger partial charge in [0.25, 0.3) is 5.91 Å². The average Bonchev–Trinajstić information content (AvgIpc) is 2.95. The minimum Gasteiger partial charge on any atom is -0.375 e. The molecule has 0 radical (unpaired) electrons. The molecule has 3 amide bonds. The molecule has 6 N–H and O–H groups in total. The maximum Gasteiger partial charge on any atom is 0.330 e. The topological polar surface area (TPSA) is 146 Å². The minimum absolute atomic E-state index is 0.0409. The highest BCUT2D eigenvalue weighted by Gasteiger charge is 2.46. The number of carbonyl (C=O) groups excluding carboxylic acids is 3. The molecule has 1 aliphatic heterocycles. The molecule has 1 heterocycles. The summed E-state index contributed by atoms with van der Waals surface area (Å²) in [7, 11) is 0. The molecule has 1 atom stereocenters. The number of nitrogens with zero attached hydrogens (tertiary/aromatic N) is 1. The third-order valence-corrected chi connectivity index (χ3v) is 4.84. The van der Waals surface area contributed by atoms with Crippen LogP contribution in [0.15, 0.2) is 47.6 Å². The predicted octanol–water partition coefficient (Wildman–Crippen LogP) is 1.03. The Labute approximate surface area is 174 Å². The van der Waals surface area contributed by atoms with Gasteiger partial charge in [0.2, 0.25) is 0 Å². The Morgan fingerprint density at radius 2 is 1.90 bits per heavy atom. The number of hydrogen-bond donors (Lipinski definition) is 5. The lowest BCUT2D eigenvalue weighted by atomic mass is 9.87. The predicted molar refractivity (Wildman–Crippen MR) is 107 cm³/mol. The van der Waals surface area contributed by atoms with Crippen molar-refractivity contribution < 1.29 is 19.5 Å². The molecular weight excluding hydrogens is 421 g/mol. The second-order valence-electron chi connectivity index (χ2n) is 6.13. The molecule has 29 heavy (non-hydrogen) atoms. The molecule has 0 saturated heterocycles. The molecule has 1 aliphatic rings. The van der Waals surface area contributed by atoms with E-state index in [-0.39, 0.29) is 17.2 Å². The molecule has 0 aliphatic carbocycles. The first-order valence-corrected chi connectivity index (χ1v) is 8.98. The molecule has 2 aromatic carbocycles. The Bertz CT molecular complexity index is 1040. The smallest absolute Gasteiger partial charge is 0.330 e. The lowest BCUT2D eigenvalue weighted by Gasteiger charge is -2.22. The normalized spacial score (nSPS) is 18.1. The molecule has 1 unspecified atom stereocenters. The van der Waals surface area contributed by atoms with Crippen LogP contribution in [0.25, 0.3) is 0 Å². The van der Waals surface area contributed by atoms with Crippen LogP contribution in [0.5, 0.6) is 0 Å². The third kappa shape index (κ3) is 4.08. The standard InChI is InChI=1S/C18H15Cl2N5O4/c19-9-5-6-10(12(20)7-9)14(24-25-16(27)15(26)23-21)8-18(29)11-3-1-2-4-13(11)22-17(18)28/h1-7,29H,8,21H2,(H,22,28)(H,23,26)(H,25,27)/b24-14+. The molecule has 0 bridgehead atoms. The molecule has 9 nitrogen and oxygen atoms in total. The van der Waals surface area contributed by atoms with Gasteiger partial charge >= 0.3 is 11.8 Å². The van der Waals surface area contributed by atoms with E-state index in [2.05, 4.69) is 10.4 Å². The van der Waals surface area contributed by atoms with E-state index in [1.165, 1.54) is 18.2 Å². The molecule has 3 rings (SSSR count). The van der Waals surface area contributed by atoms with Gasteiger partial charge in [0, 0.05) is 28.3 Å². The zero-order valence-electron chi connectivity index (χ0n) is 14.7. The lowest BCUT2D eigenvalue weighted by molar-refractivity contribution is -0.139. The van der Waals surface area contributed by atoms with Crippen molar-refractivity contribution in [3.05, 3.63) is 63.6 Å². The fraction of sp³-hybridized carbons (Fsp3) is 0.111. The number of amides is 3. The quantitative estimate of drug-likeness (QED) is 0.160. The Balaban J connectivity index is 2.03. The number of aliphatic hydroxyl groups is 1. The van der Waals surface area contributed by atoms with Crippen LogP contribution in [0, 0.1) is 0 Å². The van der Waals surface area contributed by atoms with Crippen LogP contribution in [-0.2, 0) is 20.0 Å². The summed E-state index contributed by atoms with van der Waals surface area (Å²) < 4.78 is 0. The van der Waals surface area contributed by atoms with E-state index in [0.29, 0.717) is 21.8 Å². The van der Waals surface area contributed by atoms with Crippen molar-refractivity contribution in [2.24, 2.45) is 10.9 Å². The van der Waals surface area contributed by atoms with Gasteiger partial charge in [-0.05, 0) is 18.2 Å². The number of hydrazone groups is 1. The van der Waals surface area contributed by atoms with E-state index in [0.717, 1.165) is 0 Å². The molecule has 150 valence electrons. The van der Waals surface area contributed by atoms with Crippen LogP contribution in [0.1, 0.15) is 17.5 Å². The minimum atomic E-state index is -1.97. The summed E-state index contributed by atoms with van der Waals surface area (Å²) in [6, 6.07) is 11.1. The van der Waals surface area contributed by atoms with Gasteiger partial charge < -0.3 is 10.4 Å². The fourth-order valence-corrected chi connectivity index (χ4v) is 3.39. The van der Waals surface area contributed by atoms with Crippen LogP contribution in [-0.4, -0.2) is 28.5 Å². The molecule has 0 saturated carbocycles. The SMILES string of the molecule is NNC(=O)C(=O)N/N=C(\CC1(O)C(=O)Nc2ccccc21)c1ccc(Cl)cc1Cl. The maximum absolute atomic E-state index is 12.5. The zero-order chi connectivity index (χ0) is 21.2. The van der Waals surface area contributed by atoms with Crippen molar-refractivity contribution >= 4 is 52.3 Å². The van der Waals surface area contributed by atoms with Gasteiger partial charge in [-0.25, -0.2) is 11.3 Å². The Morgan fingerprint density at radius 1 is 1.17 bits per heavy atom. The number of hydrogen-bond acceptors (Lipinski definition) is 6. The number of halogens is 2. The number of nitrogens with one attached hydrogen (secondary N) is 3. The van der Waals surface area contributed by atoms with Crippen molar-refractivity contribution in [1.29, 1.82) is 0 Å². The van der Waals surface area contributed by atoms with Crippen LogP contribution >= 0.6 is 23.2 Å². The van der Waals surface area contributed by atoms with E-state index in [1.54, 1.807) is 29.7 Å². The van der Waals surface area contributed by atoms with Crippen LogP contribution < -0.4 is 22.0 Å². The monoisotopic (exact) mass is 435 g/mol. The fourth-order valence-electron chi connectivity index (χ4n) is 2.87. The van der Waals surface area contributed by atoms with Crippen molar-refractivity contribution in [2.75, 3.05) is 5.32 Å². The molecule has 2 aromatic rings. The number of fused-ring (bicyclic) bond motifs is 1. The van der Waals surface area contributed by atoms with Crippen molar-refractivity contribution in [2.45, 2.75) is 12.0 Å². The van der Waals surface area contributed by atoms with Gasteiger partial charge in [0.1, 0.15) is 0 Å². The summed E-state index contributed by atoms with van der Waals surface area (Å²) in [6.45, 7) is 0. The molecule has 0 aromatic heterocycles. The van der Waals surface area contributed by atoms with E-state index in [1.807, 2.05) is 5.43 Å². The molecule has 0 spiro atoms. The Kier molecular flexibility index (Phi) is 5.85. The van der Waals surface area contributed by atoms with E-state index >= 15 is 0 Å². The van der Waals surface area contributed by atoms with E-state index in [9.17, 15) is 19.5 Å². The number of anilines is 1. The van der Waals surface area contributed by atoms with E-state index < -0.39 is 23.3 Å². The summed E-state index contributed by atoms with van der Waals surface area (Å²) in [6.07, 6.45) is -0.346. The number of benzene rings is 2. The first-order chi connectivity index (χ1) is 13.8. The zero-order valence-corrected chi connectivity index (χ0v) is 16.2. The van der Waals surface area contributed by atoms with Gasteiger partial charge in [-0.15, -0.1) is 0 Å². The van der Waals surface area contributed by atoms with Gasteiger partial charge in [-0.3, -0.25) is 19.8 Å². The third-order valence-electron chi connectivity index (χ3n) is 4.29. The van der Waals surface area contributed by atoms with Gasteiger partial charge in [0.15, 0.2) is 5.60 Å². The number of carbonyl (C=O) groups is 3. The highest BCUT2D eigenvalue weighted by atomic mass is 35.5. The van der Waals surface area contributed by atoms with E-state index in [4.69, 9.17) is 29.0 Å².